The maximum atomic E-state index is 5.47. The quantitative estimate of drug-likeness (QED) is 0.791. The van der Waals surface area contributed by atoms with E-state index in [0.717, 1.165) is 31.6 Å². The Morgan fingerprint density at radius 2 is 1.80 bits per heavy atom. The number of nitrogens with zero attached hydrogens (tertiary/aromatic N) is 2. The minimum atomic E-state index is 0. The van der Waals surface area contributed by atoms with Crippen molar-refractivity contribution in [2.45, 2.75) is 18.8 Å². The van der Waals surface area contributed by atoms with E-state index in [4.69, 9.17) is 5.73 Å². The molecule has 0 amide bonds. The first kappa shape index (κ1) is 14.4. The smallest absolute Gasteiger partial charge is 0.146 e. The standard InChI is InChI=1S/C9H14N4.2ClH/c10-9-2-1-8(12-13-9)7-3-5-11-6-4-7;;/h1-2,7,11H,3-6H2,(H2,10,13);2*1H. The number of piperidine rings is 1. The average Bonchev–Trinajstić information content (AvgIpc) is 2.20. The predicted molar refractivity (Wildman–Crippen MR) is 65.8 cm³/mol. The molecule has 4 nitrogen and oxygen atoms in total. The lowest BCUT2D eigenvalue weighted by atomic mass is 9.94. The highest BCUT2D eigenvalue weighted by molar-refractivity contribution is 5.85. The van der Waals surface area contributed by atoms with Crippen LogP contribution in [-0.4, -0.2) is 23.3 Å². The van der Waals surface area contributed by atoms with Crippen LogP contribution in [0.5, 0.6) is 0 Å². The van der Waals surface area contributed by atoms with Gasteiger partial charge < -0.3 is 11.1 Å². The normalized spacial score (nSPS) is 16.3. The van der Waals surface area contributed by atoms with Crippen molar-refractivity contribution in [1.29, 1.82) is 0 Å². The summed E-state index contributed by atoms with van der Waals surface area (Å²) in [6.07, 6.45) is 2.30. The second-order valence-electron chi connectivity index (χ2n) is 3.41. The fourth-order valence-corrected chi connectivity index (χ4v) is 1.69. The monoisotopic (exact) mass is 250 g/mol. The third-order valence-corrected chi connectivity index (χ3v) is 2.46. The molecule has 3 N–H and O–H groups in total. The van der Waals surface area contributed by atoms with Crippen molar-refractivity contribution in [3.05, 3.63) is 17.8 Å². The molecule has 15 heavy (non-hydrogen) atoms. The lowest BCUT2D eigenvalue weighted by Crippen LogP contribution is -2.27. The number of halogens is 2. The van der Waals surface area contributed by atoms with E-state index in [1.165, 1.54) is 0 Å². The molecular weight excluding hydrogens is 235 g/mol. The zero-order valence-electron chi connectivity index (χ0n) is 8.35. The van der Waals surface area contributed by atoms with Crippen LogP contribution in [0.1, 0.15) is 24.5 Å². The zero-order valence-corrected chi connectivity index (χ0v) is 9.98. The minimum Gasteiger partial charge on any atom is -0.382 e. The van der Waals surface area contributed by atoms with Gasteiger partial charge in [0, 0.05) is 5.92 Å². The van der Waals surface area contributed by atoms with Gasteiger partial charge in [-0.25, -0.2) is 0 Å². The van der Waals surface area contributed by atoms with Crippen molar-refractivity contribution in [2.24, 2.45) is 0 Å². The molecule has 1 aliphatic heterocycles. The van der Waals surface area contributed by atoms with Gasteiger partial charge in [-0.15, -0.1) is 29.9 Å². The molecule has 1 aromatic rings. The van der Waals surface area contributed by atoms with Crippen molar-refractivity contribution < 1.29 is 0 Å². The molecule has 2 rings (SSSR count). The van der Waals surface area contributed by atoms with E-state index in [1.54, 1.807) is 0 Å². The maximum absolute atomic E-state index is 5.47. The molecule has 86 valence electrons. The first-order chi connectivity index (χ1) is 6.36. The molecule has 0 atom stereocenters. The van der Waals surface area contributed by atoms with Crippen LogP contribution in [0.4, 0.5) is 5.82 Å². The number of nitrogens with two attached hydrogens (primary N) is 1. The highest BCUT2D eigenvalue weighted by Gasteiger charge is 2.16. The predicted octanol–water partition coefficient (Wildman–Crippen LogP) is 1.37. The van der Waals surface area contributed by atoms with Crippen LogP contribution in [0.15, 0.2) is 12.1 Å². The van der Waals surface area contributed by atoms with Crippen molar-refractivity contribution in [3.8, 4) is 0 Å². The van der Waals surface area contributed by atoms with Crippen LogP contribution in [0, 0.1) is 0 Å². The molecule has 0 aromatic carbocycles. The van der Waals surface area contributed by atoms with E-state index in [-0.39, 0.29) is 24.8 Å². The maximum Gasteiger partial charge on any atom is 0.146 e. The summed E-state index contributed by atoms with van der Waals surface area (Å²) >= 11 is 0. The molecule has 0 saturated carbocycles. The Morgan fingerprint density at radius 1 is 1.13 bits per heavy atom. The van der Waals surface area contributed by atoms with Crippen LogP contribution in [0.3, 0.4) is 0 Å². The highest BCUT2D eigenvalue weighted by Crippen LogP contribution is 2.22. The van der Waals surface area contributed by atoms with Crippen LogP contribution >= 0.6 is 24.8 Å². The molecule has 1 aromatic heterocycles. The Labute approximate surface area is 102 Å². The van der Waals surface area contributed by atoms with Crippen LogP contribution in [-0.2, 0) is 0 Å². The third-order valence-electron chi connectivity index (χ3n) is 2.46. The number of anilines is 1. The Kier molecular flexibility index (Phi) is 6.56. The van der Waals surface area contributed by atoms with E-state index >= 15 is 0 Å². The van der Waals surface area contributed by atoms with Gasteiger partial charge in [0.05, 0.1) is 5.69 Å². The molecule has 1 fully saturated rings. The Balaban J connectivity index is 0.000000980. The topological polar surface area (TPSA) is 63.8 Å². The van der Waals surface area contributed by atoms with E-state index < -0.39 is 0 Å². The van der Waals surface area contributed by atoms with Crippen LogP contribution in [0.25, 0.3) is 0 Å². The van der Waals surface area contributed by atoms with Gasteiger partial charge in [-0.3, -0.25) is 0 Å². The highest BCUT2D eigenvalue weighted by atomic mass is 35.5. The molecule has 0 spiro atoms. The molecular formula is C9H16Cl2N4. The molecule has 0 radical (unpaired) electrons. The summed E-state index contributed by atoms with van der Waals surface area (Å²) in [4.78, 5) is 0. The molecule has 6 heteroatoms. The molecule has 1 aliphatic rings. The molecule has 1 saturated heterocycles. The summed E-state index contributed by atoms with van der Waals surface area (Å²) < 4.78 is 0. The van der Waals surface area contributed by atoms with Gasteiger partial charge in [0.2, 0.25) is 0 Å². The number of hydrogen-bond donors (Lipinski definition) is 2. The van der Waals surface area contributed by atoms with Crippen molar-refractivity contribution in [1.82, 2.24) is 15.5 Å². The summed E-state index contributed by atoms with van der Waals surface area (Å²) in [5, 5.41) is 11.3. The number of rotatable bonds is 1. The van der Waals surface area contributed by atoms with Crippen molar-refractivity contribution in [3.63, 3.8) is 0 Å². The molecule has 0 unspecified atom stereocenters. The number of hydrogen-bond acceptors (Lipinski definition) is 4. The summed E-state index contributed by atoms with van der Waals surface area (Å²) in [5.41, 5.74) is 6.55. The summed E-state index contributed by atoms with van der Waals surface area (Å²) in [6.45, 7) is 2.16. The number of aromatic nitrogens is 2. The molecule has 0 bridgehead atoms. The second kappa shape index (κ2) is 6.82. The summed E-state index contributed by atoms with van der Waals surface area (Å²) in [7, 11) is 0. The second-order valence-corrected chi connectivity index (χ2v) is 3.41. The zero-order chi connectivity index (χ0) is 9.10. The minimum absolute atomic E-state index is 0. The van der Waals surface area contributed by atoms with Crippen LogP contribution in [0.2, 0.25) is 0 Å². The fourth-order valence-electron chi connectivity index (χ4n) is 1.69. The Hall–Kier alpha value is -0.580. The van der Waals surface area contributed by atoms with Crippen molar-refractivity contribution in [2.75, 3.05) is 18.8 Å². The van der Waals surface area contributed by atoms with Gasteiger partial charge in [0.1, 0.15) is 5.82 Å². The summed E-state index contributed by atoms with van der Waals surface area (Å²) in [6, 6.07) is 3.81. The largest absolute Gasteiger partial charge is 0.382 e. The molecule has 0 aliphatic carbocycles. The first-order valence-corrected chi connectivity index (χ1v) is 4.66. The third kappa shape index (κ3) is 3.81. The summed E-state index contributed by atoms with van der Waals surface area (Å²) in [5.74, 6) is 1.06. The van der Waals surface area contributed by atoms with Gasteiger partial charge in [-0.1, -0.05) is 0 Å². The van der Waals surface area contributed by atoms with E-state index in [9.17, 15) is 0 Å². The Morgan fingerprint density at radius 3 is 2.33 bits per heavy atom. The molecule has 2 heterocycles. The first-order valence-electron chi connectivity index (χ1n) is 4.66. The van der Waals surface area contributed by atoms with E-state index in [0.29, 0.717) is 11.7 Å². The van der Waals surface area contributed by atoms with Gasteiger partial charge in [-0.05, 0) is 38.1 Å². The van der Waals surface area contributed by atoms with Gasteiger partial charge in [-0.2, -0.15) is 5.10 Å². The van der Waals surface area contributed by atoms with Crippen molar-refractivity contribution >= 4 is 30.6 Å². The van der Waals surface area contributed by atoms with Crippen LogP contribution < -0.4 is 11.1 Å². The van der Waals surface area contributed by atoms with E-state index in [1.807, 2.05) is 12.1 Å². The lowest BCUT2D eigenvalue weighted by molar-refractivity contribution is 0.450. The lowest BCUT2D eigenvalue weighted by Gasteiger charge is -2.21. The SMILES string of the molecule is Cl.Cl.Nc1ccc(C2CCNCC2)nn1. The average molecular weight is 251 g/mol. The van der Waals surface area contributed by atoms with E-state index in [2.05, 4.69) is 15.5 Å². The van der Waals surface area contributed by atoms with Gasteiger partial charge in [0.25, 0.3) is 0 Å². The Bertz CT molecular complexity index is 272. The number of nitrogens with one attached hydrogen (secondary N) is 1. The van der Waals surface area contributed by atoms with Gasteiger partial charge >= 0.3 is 0 Å². The fraction of sp³-hybridized carbons (Fsp3) is 0.556. The van der Waals surface area contributed by atoms with Gasteiger partial charge in [0.15, 0.2) is 0 Å². The number of nitrogen functional groups attached to an aromatic ring is 1.